The first-order valence-electron chi connectivity index (χ1n) is 6.29. The van der Waals surface area contributed by atoms with Gasteiger partial charge in [0.15, 0.2) is 0 Å². The van der Waals surface area contributed by atoms with Crippen molar-refractivity contribution in [1.29, 1.82) is 5.26 Å². The highest BCUT2D eigenvalue weighted by Crippen LogP contribution is 2.25. The zero-order chi connectivity index (χ0) is 16.3. The molecule has 0 radical (unpaired) electrons. The third kappa shape index (κ3) is 3.59. The van der Waals surface area contributed by atoms with Gasteiger partial charge in [-0.1, -0.05) is 6.07 Å². The van der Waals surface area contributed by atoms with Crippen molar-refractivity contribution in [2.45, 2.75) is 23.6 Å². The summed E-state index contributed by atoms with van der Waals surface area (Å²) in [5.41, 5.74) is 1.66. The van der Waals surface area contributed by atoms with Crippen LogP contribution in [0.25, 0.3) is 0 Å². The molecule has 22 heavy (non-hydrogen) atoms. The Morgan fingerprint density at radius 3 is 2.45 bits per heavy atom. The van der Waals surface area contributed by atoms with Crippen LogP contribution in [0.4, 0.5) is 10.1 Å². The summed E-state index contributed by atoms with van der Waals surface area (Å²) in [6.45, 7) is 3.69. The van der Waals surface area contributed by atoms with Crippen LogP contribution in [0.15, 0.2) is 46.2 Å². The summed E-state index contributed by atoms with van der Waals surface area (Å²) in [5, 5.41) is 10.4. The lowest BCUT2D eigenvalue weighted by atomic mass is 10.1. The zero-order valence-corrected chi connectivity index (χ0v) is 13.6. The number of rotatable bonds is 4. The minimum atomic E-state index is -3.86. The van der Waals surface area contributed by atoms with Gasteiger partial charge in [0.1, 0.15) is 11.2 Å². The Bertz CT molecular complexity index is 858. The smallest absolute Gasteiger partial charge is 0.261 e. The number of nitrogens with zero attached hydrogens (tertiary/aromatic N) is 1. The molecule has 0 amide bonds. The number of thioether (sulfide) groups is 1. The molecule has 0 spiro atoms. The Kier molecular flexibility index (Phi) is 4.74. The Balaban J connectivity index is 2.32. The van der Waals surface area contributed by atoms with E-state index in [1.54, 1.807) is 6.07 Å². The molecule has 0 aliphatic heterocycles. The van der Waals surface area contributed by atoms with E-state index in [-0.39, 0.29) is 10.6 Å². The van der Waals surface area contributed by atoms with Crippen molar-refractivity contribution in [3.8, 4) is 5.40 Å². The van der Waals surface area contributed by atoms with Crippen LogP contribution in [0.1, 0.15) is 11.1 Å². The molecule has 0 heterocycles. The number of anilines is 1. The van der Waals surface area contributed by atoms with Crippen molar-refractivity contribution in [3.05, 3.63) is 53.3 Å². The van der Waals surface area contributed by atoms with E-state index < -0.39 is 15.8 Å². The second kappa shape index (κ2) is 6.38. The molecule has 0 unspecified atom stereocenters. The molecule has 1 N–H and O–H groups in total. The van der Waals surface area contributed by atoms with Crippen molar-refractivity contribution >= 4 is 27.5 Å². The molecule has 0 aromatic heterocycles. The molecule has 0 atom stereocenters. The third-order valence-electron chi connectivity index (χ3n) is 3.14. The summed E-state index contributed by atoms with van der Waals surface area (Å²) in [6.07, 6.45) is 0. The summed E-state index contributed by atoms with van der Waals surface area (Å²) in [7, 11) is -3.86. The summed E-state index contributed by atoms with van der Waals surface area (Å²) in [6, 6.07) is 8.61. The molecule has 0 saturated heterocycles. The van der Waals surface area contributed by atoms with Gasteiger partial charge in [-0.25, -0.2) is 12.8 Å². The third-order valence-corrected chi connectivity index (χ3v) is 5.08. The van der Waals surface area contributed by atoms with Crippen molar-refractivity contribution in [3.63, 3.8) is 0 Å². The Hall–Kier alpha value is -2.04. The van der Waals surface area contributed by atoms with E-state index in [0.717, 1.165) is 29.0 Å². The molecule has 2 aromatic rings. The Morgan fingerprint density at radius 1 is 1.14 bits per heavy atom. The standard InChI is InChI=1S/C15H13FN2O2S2/c1-10-3-5-13(7-11(10)2)22(19,20)18-15-6-4-12(21-9-17)8-14(15)16/h3-8,18H,1-2H3. The van der Waals surface area contributed by atoms with Gasteiger partial charge in [-0.15, -0.1) is 0 Å². The van der Waals surface area contributed by atoms with Crippen LogP contribution in [-0.4, -0.2) is 8.42 Å². The molecule has 0 fully saturated rings. The number of nitrogens with one attached hydrogen (secondary N) is 1. The number of thiocyanates is 1. The number of halogens is 1. The Labute approximate surface area is 133 Å². The number of nitriles is 1. The van der Waals surface area contributed by atoms with E-state index in [1.165, 1.54) is 24.3 Å². The number of hydrogen-bond donors (Lipinski definition) is 1. The highest BCUT2D eigenvalue weighted by atomic mass is 32.2. The van der Waals surface area contributed by atoms with Crippen LogP contribution in [0, 0.1) is 30.3 Å². The monoisotopic (exact) mass is 336 g/mol. The zero-order valence-electron chi connectivity index (χ0n) is 11.9. The lowest BCUT2D eigenvalue weighted by Crippen LogP contribution is -2.14. The quantitative estimate of drug-likeness (QED) is 0.681. The van der Waals surface area contributed by atoms with Crippen molar-refractivity contribution in [1.82, 2.24) is 0 Å². The average molecular weight is 336 g/mol. The first kappa shape index (κ1) is 16.3. The van der Waals surface area contributed by atoms with Gasteiger partial charge < -0.3 is 0 Å². The predicted octanol–water partition coefficient (Wildman–Crippen LogP) is 3.82. The van der Waals surface area contributed by atoms with Gasteiger partial charge in [0.25, 0.3) is 10.0 Å². The highest BCUT2D eigenvalue weighted by Gasteiger charge is 2.17. The normalized spacial score (nSPS) is 11.0. The maximum absolute atomic E-state index is 13.9. The Morgan fingerprint density at radius 2 is 1.86 bits per heavy atom. The molecule has 2 rings (SSSR count). The van der Waals surface area contributed by atoms with Gasteiger partial charge in [-0.05, 0) is 67.1 Å². The topological polar surface area (TPSA) is 70.0 Å². The van der Waals surface area contributed by atoms with E-state index in [9.17, 15) is 12.8 Å². The largest absolute Gasteiger partial charge is 0.277 e. The van der Waals surface area contributed by atoms with Crippen LogP contribution < -0.4 is 4.72 Å². The molecule has 2 aromatic carbocycles. The second-order valence-electron chi connectivity index (χ2n) is 4.69. The lowest BCUT2D eigenvalue weighted by molar-refractivity contribution is 0.598. The van der Waals surface area contributed by atoms with Gasteiger partial charge in [-0.2, -0.15) is 5.26 Å². The molecule has 0 saturated carbocycles. The fourth-order valence-corrected chi connectivity index (χ4v) is 3.34. The van der Waals surface area contributed by atoms with Gasteiger partial charge in [0.05, 0.1) is 10.6 Å². The molecular formula is C15H13FN2O2S2. The molecular weight excluding hydrogens is 323 g/mol. The van der Waals surface area contributed by atoms with Crippen LogP contribution in [-0.2, 0) is 10.0 Å². The van der Waals surface area contributed by atoms with E-state index in [0.29, 0.717) is 4.90 Å². The van der Waals surface area contributed by atoms with E-state index in [4.69, 9.17) is 5.26 Å². The van der Waals surface area contributed by atoms with E-state index in [2.05, 4.69) is 4.72 Å². The van der Waals surface area contributed by atoms with Gasteiger partial charge in [-0.3, -0.25) is 4.72 Å². The molecule has 0 aliphatic rings. The first-order chi connectivity index (χ1) is 10.3. The van der Waals surface area contributed by atoms with Crippen LogP contribution in [0.2, 0.25) is 0 Å². The lowest BCUT2D eigenvalue weighted by Gasteiger charge is -2.11. The minimum absolute atomic E-state index is 0.0745. The van der Waals surface area contributed by atoms with Gasteiger partial charge in [0, 0.05) is 4.90 Å². The van der Waals surface area contributed by atoms with Crippen LogP contribution in [0.3, 0.4) is 0 Å². The maximum atomic E-state index is 13.9. The first-order valence-corrected chi connectivity index (χ1v) is 8.59. The summed E-state index contributed by atoms with van der Waals surface area (Å²) in [5.74, 6) is -0.729. The SMILES string of the molecule is Cc1ccc(S(=O)(=O)Nc2ccc(SC#N)cc2F)cc1C. The van der Waals surface area contributed by atoms with Crippen molar-refractivity contribution < 1.29 is 12.8 Å². The highest BCUT2D eigenvalue weighted by molar-refractivity contribution is 8.03. The number of sulfonamides is 1. The molecule has 7 heteroatoms. The molecule has 0 aliphatic carbocycles. The predicted molar refractivity (Wildman–Crippen MR) is 84.6 cm³/mol. The van der Waals surface area contributed by atoms with E-state index in [1.807, 2.05) is 19.2 Å². The molecule has 114 valence electrons. The fraction of sp³-hybridized carbons (Fsp3) is 0.133. The van der Waals surface area contributed by atoms with Crippen LogP contribution in [0.5, 0.6) is 0 Å². The minimum Gasteiger partial charge on any atom is -0.277 e. The summed E-state index contributed by atoms with van der Waals surface area (Å²) >= 11 is 0.804. The molecule has 0 bridgehead atoms. The number of aryl methyl sites for hydroxylation is 2. The van der Waals surface area contributed by atoms with Gasteiger partial charge >= 0.3 is 0 Å². The summed E-state index contributed by atoms with van der Waals surface area (Å²) in [4.78, 5) is 0.486. The molecule has 4 nitrogen and oxygen atoms in total. The average Bonchev–Trinajstić information content (AvgIpc) is 2.45. The van der Waals surface area contributed by atoms with Gasteiger partial charge in [0.2, 0.25) is 0 Å². The summed E-state index contributed by atoms with van der Waals surface area (Å²) < 4.78 is 40.7. The van der Waals surface area contributed by atoms with Crippen LogP contribution >= 0.6 is 11.8 Å². The fourth-order valence-electron chi connectivity index (χ4n) is 1.78. The maximum Gasteiger partial charge on any atom is 0.261 e. The second-order valence-corrected chi connectivity index (χ2v) is 7.23. The van der Waals surface area contributed by atoms with Crippen molar-refractivity contribution in [2.24, 2.45) is 0 Å². The van der Waals surface area contributed by atoms with Crippen molar-refractivity contribution in [2.75, 3.05) is 4.72 Å². The number of hydrogen-bond acceptors (Lipinski definition) is 4. The number of benzene rings is 2. The van der Waals surface area contributed by atoms with E-state index >= 15 is 0 Å².